The molecular formula is C20H26N2O5. The van der Waals surface area contributed by atoms with Crippen LogP contribution >= 0.6 is 0 Å². The number of fused-ring (bicyclic) bond motifs is 1. The highest BCUT2D eigenvalue weighted by Crippen LogP contribution is 2.33. The van der Waals surface area contributed by atoms with Crippen molar-refractivity contribution in [3.8, 4) is 0 Å². The van der Waals surface area contributed by atoms with E-state index < -0.39 is 5.97 Å². The summed E-state index contributed by atoms with van der Waals surface area (Å²) in [5.41, 5.74) is 2.12. The van der Waals surface area contributed by atoms with Gasteiger partial charge >= 0.3 is 5.97 Å². The first-order valence-corrected chi connectivity index (χ1v) is 9.41. The van der Waals surface area contributed by atoms with Gasteiger partial charge in [-0.25, -0.2) is 0 Å². The fourth-order valence-corrected chi connectivity index (χ4v) is 4.09. The van der Waals surface area contributed by atoms with E-state index in [4.69, 9.17) is 4.74 Å². The largest absolute Gasteiger partial charge is 0.480 e. The van der Waals surface area contributed by atoms with E-state index >= 15 is 0 Å². The molecule has 2 aliphatic rings. The van der Waals surface area contributed by atoms with Crippen molar-refractivity contribution >= 4 is 17.8 Å². The Hall–Kier alpha value is -2.41. The van der Waals surface area contributed by atoms with Crippen molar-refractivity contribution in [2.45, 2.75) is 44.7 Å². The number of carboxylic acid groups (broad SMARTS) is 1. The van der Waals surface area contributed by atoms with Gasteiger partial charge in [0, 0.05) is 32.7 Å². The van der Waals surface area contributed by atoms with Crippen LogP contribution in [0.2, 0.25) is 0 Å². The lowest BCUT2D eigenvalue weighted by Gasteiger charge is -2.39. The highest BCUT2D eigenvalue weighted by Gasteiger charge is 2.34. The van der Waals surface area contributed by atoms with Gasteiger partial charge in [0.1, 0.15) is 6.54 Å². The van der Waals surface area contributed by atoms with E-state index in [-0.39, 0.29) is 36.9 Å². The topological polar surface area (TPSA) is 87.2 Å². The molecular weight excluding hydrogens is 348 g/mol. The molecule has 0 unspecified atom stereocenters. The molecule has 7 nitrogen and oxygen atoms in total. The van der Waals surface area contributed by atoms with Crippen molar-refractivity contribution in [2.75, 3.05) is 26.3 Å². The van der Waals surface area contributed by atoms with E-state index in [1.807, 2.05) is 24.3 Å². The summed E-state index contributed by atoms with van der Waals surface area (Å²) >= 11 is 0. The van der Waals surface area contributed by atoms with Gasteiger partial charge in [0.25, 0.3) is 0 Å². The van der Waals surface area contributed by atoms with E-state index in [0.717, 1.165) is 17.5 Å². The maximum atomic E-state index is 13.1. The van der Waals surface area contributed by atoms with Gasteiger partial charge in [0.2, 0.25) is 11.8 Å². The SMILES string of the molecule is CC(=O)N1CCc2ccccc2[C@H]1CC(=O)N(CC(=O)O)C1CCOCC1. The lowest BCUT2D eigenvalue weighted by Crippen LogP contribution is -2.48. The molecule has 7 heteroatoms. The summed E-state index contributed by atoms with van der Waals surface area (Å²) in [6.07, 6.45) is 2.13. The quantitative estimate of drug-likeness (QED) is 0.846. The van der Waals surface area contributed by atoms with Crippen LogP contribution in [0.3, 0.4) is 0 Å². The number of aliphatic carboxylic acids is 1. The van der Waals surface area contributed by atoms with Gasteiger partial charge < -0.3 is 19.6 Å². The average Bonchev–Trinajstić information content (AvgIpc) is 2.66. The number of nitrogens with zero attached hydrogens (tertiary/aromatic N) is 2. The maximum Gasteiger partial charge on any atom is 0.323 e. The molecule has 2 heterocycles. The van der Waals surface area contributed by atoms with Crippen LogP contribution in [0.1, 0.15) is 43.4 Å². The van der Waals surface area contributed by atoms with Crippen LogP contribution in [-0.2, 0) is 25.5 Å². The normalized spacial score (nSPS) is 20.0. The molecule has 1 N–H and O–H groups in total. The molecule has 0 saturated carbocycles. The van der Waals surface area contributed by atoms with Crippen LogP contribution in [0.15, 0.2) is 24.3 Å². The van der Waals surface area contributed by atoms with Crippen molar-refractivity contribution in [2.24, 2.45) is 0 Å². The number of benzene rings is 1. The van der Waals surface area contributed by atoms with Crippen molar-refractivity contribution in [3.05, 3.63) is 35.4 Å². The Balaban J connectivity index is 1.83. The van der Waals surface area contributed by atoms with Gasteiger partial charge in [-0.3, -0.25) is 14.4 Å². The summed E-state index contributed by atoms with van der Waals surface area (Å²) in [6.45, 7) is 2.82. The molecule has 1 saturated heterocycles. The van der Waals surface area contributed by atoms with Crippen molar-refractivity contribution in [3.63, 3.8) is 0 Å². The lowest BCUT2D eigenvalue weighted by atomic mass is 9.90. The van der Waals surface area contributed by atoms with Gasteiger partial charge in [-0.1, -0.05) is 24.3 Å². The molecule has 0 bridgehead atoms. The number of amides is 2. The maximum absolute atomic E-state index is 13.1. The van der Waals surface area contributed by atoms with Crippen LogP contribution in [0.4, 0.5) is 0 Å². The predicted octanol–water partition coefficient (Wildman–Crippen LogP) is 1.61. The highest BCUT2D eigenvalue weighted by atomic mass is 16.5. The molecule has 2 aliphatic heterocycles. The van der Waals surface area contributed by atoms with Crippen LogP contribution < -0.4 is 0 Å². The number of rotatable bonds is 5. The Morgan fingerprint density at radius 1 is 1.22 bits per heavy atom. The molecule has 1 fully saturated rings. The first-order chi connectivity index (χ1) is 13.0. The van der Waals surface area contributed by atoms with Gasteiger partial charge in [-0.05, 0) is 30.4 Å². The van der Waals surface area contributed by atoms with E-state index in [9.17, 15) is 19.5 Å². The smallest absolute Gasteiger partial charge is 0.323 e. The molecule has 0 radical (unpaired) electrons. The molecule has 1 aromatic rings. The number of ether oxygens (including phenoxy) is 1. The number of carboxylic acids is 1. The predicted molar refractivity (Wildman–Crippen MR) is 98.1 cm³/mol. The Bertz CT molecular complexity index is 714. The lowest BCUT2D eigenvalue weighted by molar-refractivity contribution is -0.149. The highest BCUT2D eigenvalue weighted by molar-refractivity contribution is 5.83. The zero-order valence-electron chi connectivity index (χ0n) is 15.6. The first-order valence-electron chi connectivity index (χ1n) is 9.41. The molecule has 27 heavy (non-hydrogen) atoms. The van der Waals surface area contributed by atoms with Crippen LogP contribution in [0.5, 0.6) is 0 Å². The van der Waals surface area contributed by atoms with Crippen molar-refractivity contribution in [1.82, 2.24) is 9.80 Å². The second-order valence-electron chi connectivity index (χ2n) is 7.14. The number of hydrogen-bond acceptors (Lipinski definition) is 4. The Labute approximate surface area is 158 Å². The monoisotopic (exact) mass is 374 g/mol. The summed E-state index contributed by atoms with van der Waals surface area (Å²) in [5.74, 6) is -1.32. The van der Waals surface area contributed by atoms with Gasteiger partial charge in [0.15, 0.2) is 0 Å². The van der Waals surface area contributed by atoms with Gasteiger partial charge in [-0.15, -0.1) is 0 Å². The Kier molecular flexibility index (Phi) is 6.11. The minimum absolute atomic E-state index is 0.0712. The zero-order chi connectivity index (χ0) is 19.4. The molecule has 1 atom stereocenters. The van der Waals surface area contributed by atoms with Gasteiger partial charge in [-0.2, -0.15) is 0 Å². The number of carbonyl (C=O) groups excluding carboxylic acids is 2. The van der Waals surface area contributed by atoms with E-state index in [0.29, 0.717) is 32.6 Å². The fraction of sp³-hybridized carbons (Fsp3) is 0.550. The zero-order valence-corrected chi connectivity index (χ0v) is 15.6. The number of carbonyl (C=O) groups is 3. The summed E-state index contributed by atoms with van der Waals surface area (Å²) < 4.78 is 5.34. The summed E-state index contributed by atoms with van der Waals surface area (Å²) in [7, 11) is 0. The van der Waals surface area contributed by atoms with E-state index in [1.165, 1.54) is 11.8 Å². The second kappa shape index (κ2) is 8.52. The molecule has 3 rings (SSSR count). The number of hydrogen-bond donors (Lipinski definition) is 1. The van der Waals surface area contributed by atoms with Crippen LogP contribution in [0.25, 0.3) is 0 Å². The minimum atomic E-state index is -1.03. The average molecular weight is 374 g/mol. The standard InChI is InChI=1S/C20H26N2O5/c1-14(23)21-9-6-15-4-2-3-5-17(15)18(21)12-19(24)22(13-20(25)26)16-7-10-27-11-8-16/h2-5,16,18H,6-13H2,1H3,(H,25,26)/t18-/m1/s1. The van der Waals surface area contributed by atoms with Crippen molar-refractivity contribution in [1.29, 1.82) is 0 Å². The summed E-state index contributed by atoms with van der Waals surface area (Å²) in [4.78, 5) is 39.8. The summed E-state index contributed by atoms with van der Waals surface area (Å²) in [5, 5.41) is 9.28. The molecule has 0 spiro atoms. The molecule has 0 aliphatic carbocycles. The van der Waals surface area contributed by atoms with Crippen molar-refractivity contribution < 1.29 is 24.2 Å². The van der Waals surface area contributed by atoms with Crippen LogP contribution in [0, 0.1) is 0 Å². The fourth-order valence-electron chi connectivity index (χ4n) is 4.09. The third-order valence-corrected chi connectivity index (χ3v) is 5.44. The molecule has 0 aromatic heterocycles. The molecule has 146 valence electrons. The Morgan fingerprint density at radius 3 is 2.59 bits per heavy atom. The summed E-state index contributed by atoms with van der Waals surface area (Å²) in [6, 6.07) is 7.37. The molecule has 1 aromatic carbocycles. The van der Waals surface area contributed by atoms with E-state index in [2.05, 4.69) is 0 Å². The van der Waals surface area contributed by atoms with Crippen LogP contribution in [-0.4, -0.2) is 65.0 Å². The minimum Gasteiger partial charge on any atom is -0.480 e. The first kappa shape index (κ1) is 19.4. The van der Waals surface area contributed by atoms with Gasteiger partial charge in [0.05, 0.1) is 12.5 Å². The third kappa shape index (κ3) is 4.47. The third-order valence-electron chi connectivity index (χ3n) is 5.44. The van der Waals surface area contributed by atoms with E-state index in [1.54, 1.807) is 4.90 Å². The second-order valence-corrected chi connectivity index (χ2v) is 7.14. The molecule has 2 amide bonds. The Morgan fingerprint density at radius 2 is 1.93 bits per heavy atom.